The standard InChI is InChI=1S/C15H17N3O/c1-19-15-7-3-6-14(17-15)18-9-8-12-11(10-18)4-2-5-13(12)16/h2-7H,8-10,16H2,1H3. The second-order valence-electron chi connectivity index (χ2n) is 4.69. The van der Waals surface area contributed by atoms with E-state index in [1.807, 2.05) is 30.3 Å². The molecule has 3 rings (SSSR count). The SMILES string of the molecule is COc1cccc(N2CCc3c(N)cccc3C2)n1. The normalized spacial score (nSPS) is 14.1. The molecule has 0 amide bonds. The summed E-state index contributed by atoms with van der Waals surface area (Å²) in [6, 6.07) is 12.0. The van der Waals surface area contributed by atoms with Gasteiger partial charge in [0.15, 0.2) is 0 Å². The van der Waals surface area contributed by atoms with Gasteiger partial charge in [-0.25, -0.2) is 0 Å². The fourth-order valence-electron chi connectivity index (χ4n) is 2.53. The second-order valence-corrected chi connectivity index (χ2v) is 4.69. The van der Waals surface area contributed by atoms with E-state index in [1.54, 1.807) is 7.11 Å². The molecule has 2 N–H and O–H groups in total. The molecule has 0 radical (unpaired) electrons. The van der Waals surface area contributed by atoms with Crippen molar-refractivity contribution in [1.29, 1.82) is 0 Å². The number of ether oxygens (including phenoxy) is 1. The van der Waals surface area contributed by atoms with Gasteiger partial charge in [0.05, 0.1) is 7.11 Å². The number of hydrogen-bond acceptors (Lipinski definition) is 4. The third kappa shape index (κ3) is 2.21. The fraction of sp³-hybridized carbons (Fsp3) is 0.267. The van der Waals surface area contributed by atoms with Gasteiger partial charge in [0, 0.05) is 24.8 Å². The summed E-state index contributed by atoms with van der Waals surface area (Å²) in [5.41, 5.74) is 9.48. The molecule has 1 aliphatic heterocycles. The highest BCUT2D eigenvalue weighted by Gasteiger charge is 2.19. The van der Waals surface area contributed by atoms with Crippen molar-refractivity contribution in [2.24, 2.45) is 0 Å². The molecule has 1 aromatic carbocycles. The molecule has 0 spiro atoms. The molecular weight excluding hydrogens is 238 g/mol. The first-order valence-electron chi connectivity index (χ1n) is 6.40. The number of nitrogens with two attached hydrogens (primary N) is 1. The van der Waals surface area contributed by atoms with Crippen LogP contribution in [-0.2, 0) is 13.0 Å². The summed E-state index contributed by atoms with van der Waals surface area (Å²) >= 11 is 0. The lowest BCUT2D eigenvalue weighted by Crippen LogP contribution is -2.31. The van der Waals surface area contributed by atoms with Crippen LogP contribution in [0.1, 0.15) is 11.1 Å². The number of methoxy groups -OCH3 is 1. The quantitative estimate of drug-likeness (QED) is 0.836. The molecule has 4 nitrogen and oxygen atoms in total. The number of fused-ring (bicyclic) bond motifs is 1. The van der Waals surface area contributed by atoms with E-state index in [9.17, 15) is 0 Å². The van der Waals surface area contributed by atoms with Crippen LogP contribution in [0.2, 0.25) is 0 Å². The molecule has 0 unspecified atom stereocenters. The van der Waals surface area contributed by atoms with Crippen molar-refractivity contribution >= 4 is 11.5 Å². The molecular formula is C15H17N3O. The maximum Gasteiger partial charge on any atom is 0.214 e. The molecule has 0 saturated heterocycles. The Morgan fingerprint density at radius 2 is 2.05 bits per heavy atom. The number of aromatic nitrogens is 1. The number of anilines is 2. The minimum atomic E-state index is 0.649. The van der Waals surface area contributed by atoms with E-state index in [2.05, 4.69) is 16.0 Å². The minimum Gasteiger partial charge on any atom is -0.481 e. The highest BCUT2D eigenvalue weighted by Crippen LogP contribution is 2.27. The van der Waals surface area contributed by atoms with Crippen molar-refractivity contribution in [3.8, 4) is 5.88 Å². The van der Waals surface area contributed by atoms with Gasteiger partial charge in [-0.1, -0.05) is 18.2 Å². The fourth-order valence-corrected chi connectivity index (χ4v) is 2.53. The van der Waals surface area contributed by atoms with Crippen LogP contribution in [0.3, 0.4) is 0 Å². The van der Waals surface area contributed by atoms with E-state index in [0.29, 0.717) is 5.88 Å². The lowest BCUT2D eigenvalue weighted by Gasteiger charge is -2.30. The van der Waals surface area contributed by atoms with Crippen LogP contribution in [0.4, 0.5) is 11.5 Å². The number of benzene rings is 1. The van der Waals surface area contributed by atoms with Crippen molar-refractivity contribution in [2.45, 2.75) is 13.0 Å². The molecule has 19 heavy (non-hydrogen) atoms. The Bertz CT molecular complexity index is 598. The maximum absolute atomic E-state index is 6.02. The highest BCUT2D eigenvalue weighted by atomic mass is 16.5. The Hall–Kier alpha value is -2.23. The number of pyridine rings is 1. The van der Waals surface area contributed by atoms with Crippen molar-refractivity contribution in [3.05, 3.63) is 47.5 Å². The van der Waals surface area contributed by atoms with E-state index >= 15 is 0 Å². The van der Waals surface area contributed by atoms with Crippen LogP contribution in [0.25, 0.3) is 0 Å². The van der Waals surface area contributed by atoms with E-state index in [4.69, 9.17) is 10.5 Å². The molecule has 0 saturated carbocycles. The summed E-state index contributed by atoms with van der Waals surface area (Å²) in [6.07, 6.45) is 0.959. The van der Waals surface area contributed by atoms with Gasteiger partial charge in [-0.05, 0) is 29.7 Å². The van der Waals surface area contributed by atoms with Gasteiger partial charge in [0.2, 0.25) is 5.88 Å². The van der Waals surface area contributed by atoms with Crippen LogP contribution < -0.4 is 15.4 Å². The largest absolute Gasteiger partial charge is 0.481 e. The number of nitrogen functional groups attached to an aromatic ring is 1. The summed E-state index contributed by atoms with van der Waals surface area (Å²) < 4.78 is 5.18. The first-order valence-corrected chi connectivity index (χ1v) is 6.40. The molecule has 1 aliphatic rings. The Kier molecular flexibility index (Phi) is 2.99. The number of hydrogen-bond donors (Lipinski definition) is 1. The van der Waals surface area contributed by atoms with E-state index in [1.165, 1.54) is 11.1 Å². The summed E-state index contributed by atoms with van der Waals surface area (Å²) in [5.74, 6) is 1.60. The van der Waals surface area contributed by atoms with E-state index in [-0.39, 0.29) is 0 Å². The average molecular weight is 255 g/mol. The molecule has 98 valence electrons. The minimum absolute atomic E-state index is 0.649. The summed E-state index contributed by atoms with van der Waals surface area (Å²) in [4.78, 5) is 6.74. The van der Waals surface area contributed by atoms with Crippen molar-refractivity contribution in [3.63, 3.8) is 0 Å². The second kappa shape index (κ2) is 4.80. The first kappa shape index (κ1) is 11.8. The predicted octanol–water partition coefficient (Wildman–Crippen LogP) is 2.24. The van der Waals surface area contributed by atoms with Crippen molar-refractivity contribution in [2.75, 3.05) is 24.3 Å². The summed E-state index contributed by atoms with van der Waals surface area (Å²) in [6.45, 7) is 1.78. The number of nitrogens with zero attached hydrogens (tertiary/aromatic N) is 2. The average Bonchev–Trinajstić information content (AvgIpc) is 2.47. The van der Waals surface area contributed by atoms with Gasteiger partial charge < -0.3 is 15.4 Å². The van der Waals surface area contributed by atoms with Crippen LogP contribution in [-0.4, -0.2) is 18.6 Å². The topological polar surface area (TPSA) is 51.4 Å². The molecule has 1 aromatic heterocycles. The van der Waals surface area contributed by atoms with E-state index < -0.39 is 0 Å². The molecule has 0 aliphatic carbocycles. The number of rotatable bonds is 2. The lowest BCUT2D eigenvalue weighted by atomic mass is 9.98. The zero-order valence-corrected chi connectivity index (χ0v) is 11.0. The van der Waals surface area contributed by atoms with Gasteiger partial charge in [-0.2, -0.15) is 4.98 Å². The van der Waals surface area contributed by atoms with Gasteiger partial charge in [-0.3, -0.25) is 0 Å². The predicted molar refractivity (Wildman–Crippen MR) is 76.4 cm³/mol. The first-order chi connectivity index (χ1) is 9.28. The molecule has 0 atom stereocenters. The zero-order valence-electron chi connectivity index (χ0n) is 11.0. The Morgan fingerprint density at radius 1 is 1.21 bits per heavy atom. The summed E-state index contributed by atoms with van der Waals surface area (Å²) in [5, 5.41) is 0. The van der Waals surface area contributed by atoms with Crippen LogP contribution in [0.15, 0.2) is 36.4 Å². The van der Waals surface area contributed by atoms with Gasteiger partial charge in [0.25, 0.3) is 0 Å². The van der Waals surface area contributed by atoms with Gasteiger partial charge in [0.1, 0.15) is 5.82 Å². The maximum atomic E-state index is 6.02. The molecule has 2 aromatic rings. The van der Waals surface area contributed by atoms with Crippen LogP contribution in [0.5, 0.6) is 5.88 Å². The molecule has 0 fully saturated rings. The van der Waals surface area contributed by atoms with Crippen LogP contribution >= 0.6 is 0 Å². The molecule has 4 heteroatoms. The third-order valence-electron chi connectivity index (χ3n) is 3.54. The highest BCUT2D eigenvalue weighted by molar-refractivity contribution is 5.55. The Balaban J connectivity index is 1.89. The van der Waals surface area contributed by atoms with Crippen LogP contribution in [0, 0.1) is 0 Å². The summed E-state index contributed by atoms with van der Waals surface area (Å²) in [7, 11) is 1.64. The monoisotopic (exact) mass is 255 g/mol. The van der Waals surface area contributed by atoms with Gasteiger partial charge in [-0.15, -0.1) is 0 Å². The molecule has 0 bridgehead atoms. The van der Waals surface area contributed by atoms with Crippen molar-refractivity contribution < 1.29 is 4.74 Å². The smallest absolute Gasteiger partial charge is 0.214 e. The van der Waals surface area contributed by atoms with Gasteiger partial charge >= 0.3 is 0 Å². The Labute approximate surface area is 112 Å². The molecule has 2 heterocycles. The Morgan fingerprint density at radius 3 is 2.89 bits per heavy atom. The third-order valence-corrected chi connectivity index (χ3v) is 3.54. The van der Waals surface area contributed by atoms with Crippen molar-refractivity contribution in [1.82, 2.24) is 4.98 Å². The van der Waals surface area contributed by atoms with E-state index in [0.717, 1.165) is 31.0 Å². The lowest BCUT2D eigenvalue weighted by molar-refractivity contribution is 0.397. The zero-order chi connectivity index (χ0) is 13.2.